The van der Waals surface area contributed by atoms with Crippen LogP contribution in [0.4, 0.5) is 0 Å². The van der Waals surface area contributed by atoms with Gasteiger partial charge in [-0.3, -0.25) is 0 Å². The Kier molecular flexibility index (Phi) is 2.60. The summed E-state index contributed by atoms with van der Waals surface area (Å²) in [6.45, 7) is 2.68. The molecule has 0 bridgehead atoms. The Morgan fingerprint density at radius 2 is 2.50 bits per heavy atom. The van der Waals surface area contributed by atoms with Crippen molar-refractivity contribution in [2.45, 2.75) is 19.5 Å². The SMILES string of the molecule is CC(N)c1cn(Cc2cccs2)nn1. The molecule has 0 spiro atoms. The topological polar surface area (TPSA) is 56.7 Å². The molecule has 14 heavy (non-hydrogen) atoms. The van der Waals surface area contributed by atoms with Gasteiger partial charge in [-0.2, -0.15) is 0 Å². The lowest BCUT2D eigenvalue weighted by Crippen LogP contribution is -2.05. The van der Waals surface area contributed by atoms with Gasteiger partial charge in [0, 0.05) is 10.9 Å². The van der Waals surface area contributed by atoms with Crippen LogP contribution in [-0.2, 0) is 6.54 Å². The maximum Gasteiger partial charge on any atom is 0.0991 e. The number of nitrogens with two attached hydrogens (primary N) is 1. The van der Waals surface area contributed by atoms with Crippen molar-refractivity contribution in [3.63, 3.8) is 0 Å². The molecule has 0 saturated heterocycles. The first-order chi connectivity index (χ1) is 6.75. The van der Waals surface area contributed by atoms with Crippen molar-refractivity contribution < 1.29 is 0 Å². The average Bonchev–Trinajstić information content (AvgIpc) is 2.75. The molecule has 5 heteroatoms. The van der Waals surface area contributed by atoms with Crippen molar-refractivity contribution in [1.82, 2.24) is 15.0 Å². The highest BCUT2D eigenvalue weighted by molar-refractivity contribution is 7.09. The van der Waals surface area contributed by atoms with E-state index in [0.29, 0.717) is 0 Å². The third-order valence-electron chi connectivity index (χ3n) is 1.92. The standard InChI is InChI=1S/C9H12N4S/c1-7(10)9-6-13(12-11-9)5-8-3-2-4-14-8/h2-4,6-7H,5,10H2,1H3. The summed E-state index contributed by atoms with van der Waals surface area (Å²) in [4.78, 5) is 1.27. The number of hydrogen-bond acceptors (Lipinski definition) is 4. The molecule has 0 aliphatic heterocycles. The number of nitrogens with zero attached hydrogens (tertiary/aromatic N) is 3. The fourth-order valence-corrected chi connectivity index (χ4v) is 1.86. The molecule has 2 aromatic rings. The van der Waals surface area contributed by atoms with Gasteiger partial charge in [-0.25, -0.2) is 4.68 Å². The second-order valence-electron chi connectivity index (χ2n) is 3.21. The number of thiophene rings is 1. The number of hydrogen-bond donors (Lipinski definition) is 1. The summed E-state index contributed by atoms with van der Waals surface area (Å²) < 4.78 is 1.81. The Morgan fingerprint density at radius 1 is 1.64 bits per heavy atom. The van der Waals surface area contributed by atoms with E-state index in [1.54, 1.807) is 11.3 Å². The van der Waals surface area contributed by atoms with Gasteiger partial charge in [0.2, 0.25) is 0 Å². The summed E-state index contributed by atoms with van der Waals surface area (Å²) >= 11 is 1.72. The summed E-state index contributed by atoms with van der Waals surface area (Å²) in [6, 6.07) is 4.06. The Hall–Kier alpha value is -1.20. The van der Waals surface area contributed by atoms with Gasteiger partial charge in [0.25, 0.3) is 0 Å². The summed E-state index contributed by atoms with van der Waals surface area (Å²) in [5.41, 5.74) is 6.52. The van der Waals surface area contributed by atoms with Gasteiger partial charge in [0.05, 0.1) is 18.4 Å². The average molecular weight is 208 g/mol. The van der Waals surface area contributed by atoms with Crippen LogP contribution in [0.25, 0.3) is 0 Å². The lowest BCUT2D eigenvalue weighted by molar-refractivity contribution is 0.654. The Balaban J connectivity index is 2.11. The molecule has 0 radical (unpaired) electrons. The van der Waals surface area contributed by atoms with Crippen molar-refractivity contribution in [3.05, 3.63) is 34.3 Å². The van der Waals surface area contributed by atoms with Crippen molar-refractivity contribution in [2.24, 2.45) is 5.73 Å². The van der Waals surface area contributed by atoms with E-state index >= 15 is 0 Å². The zero-order valence-electron chi connectivity index (χ0n) is 7.92. The van der Waals surface area contributed by atoms with E-state index in [-0.39, 0.29) is 6.04 Å². The monoisotopic (exact) mass is 208 g/mol. The molecular weight excluding hydrogens is 196 g/mol. The fourth-order valence-electron chi connectivity index (χ4n) is 1.16. The molecule has 1 atom stereocenters. The molecule has 2 aromatic heterocycles. The minimum atomic E-state index is -0.0490. The highest BCUT2D eigenvalue weighted by Crippen LogP contribution is 2.11. The normalized spacial score (nSPS) is 13.0. The molecule has 0 aromatic carbocycles. The predicted molar refractivity (Wildman–Crippen MR) is 56.0 cm³/mol. The molecule has 0 amide bonds. The first-order valence-corrected chi connectivity index (χ1v) is 5.31. The second-order valence-corrected chi connectivity index (χ2v) is 4.24. The minimum absolute atomic E-state index is 0.0490. The molecule has 0 saturated carbocycles. The molecular formula is C9H12N4S. The van der Waals surface area contributed by atoms with E-state index in [0.717, 1.165) is 12.2 Å². The summed E-state index contributed by atoms with van der Waals surface area (Å²) in [6.07, 6.45) is 1.89. The Bertz CT molecular complexity index is 391. The zero-order valence-corrected chi connectivity index (χ0v) is 8.74. The summed E-state index contributed by atoms with van der Waals surface area (Å²) in [5, 5.41) is 10.0. The smallest absolute Gasteiger partial charge is 0.0991 e. The zero-order chi connectivity index (χ0) is 9.97. The molecule has 2 heterocycles. The van der Waals surface area contributed by atoms with Crippen molar-refractivity contribution in [2.75, 3.05) is 0 Å². The van der Waals surface area contributed by atoms with Gasteiger partial charge in [0.15, 0.2) is 0 Å². The molecule has 0 aliphatic rings. The number of rotatable bonds is 3. The van der Waals surface area contributed by atoms with E-state index in [1.165, 1.54) is 4.88 Å². The van der Waals surface area contributed by atoms with Crippen molar-refractivity contribution in [3.8, 4) is 0 Å². The first kappa shape index (κ1) is 9.36. The van der Waals surface area contributed by atoms with Crippen LogP contribution in [-0.4, -0.2) is 15.0 Å². The van der Waals surface area contributed by atoms with Crippen LogP contribution in [0.2, 0.25) is 0 Å². The van der Waals surface area contributed by atoms with Gasteiger partial charge < -0.3 is 5.73 Å². The van der Waals surface area contributed by atoms with E-state index in [4.69, 9.17) is 5.73 Å². The van der Waals surface area contributed by atoms with Crippen LogP contribution >= 0.6 is 11.3 Å². The third-order valence-corrected chi connectivity index (χ3v) is 2.78. The highest BCUT2D eigenvalue weighted by Gasteiger charge is 2.05. The van der Waals surface area contributed by atoms with Gasteiger partial charge >= 0.3 is 0 Å². The van der Waals surface area contributed by atoms with E-state index in [2.05, 4.69) is 21.8 Å². The van der Waals surface area contributed by atoms with E-state index in [1.807, 2.05) is 23.9 Å². The van der Waals surface area contributed by atoms with Crippen LogP contribution in [0.5, 0.6) is 0 Å². The van der Waals surface area contributed by atoms with Crippen LogP contribution in [0.15, 0.2) is 23.7 Å². The lowest BCUT2D eigenvalue weighted by Gasteiger charge is -1.97. The maximum atomic E-state index is 5.69. The Labute approximate surface area is 86.4 Å². The molecule has 74 valence electrons. The maximum absolute atomic E-state index is 5.69. The summed E-state index contributed by atoms with van der Waals surface area (Å²) in [5.74, 6) is 0. The van der Waals surface area contributed by atoms with Crippen LogP contribution in [0, 0.1) is 0 Å². The minimum Gasteiger partial charge on any atom is -0.323 e. The van der Waals surface area contributed by atoms with Crippen molar-refractivity contribution >= 4 is 11.3 Å². The largest absolute Gasteiger partial charge is 0.323 e. The molecule has 0 aliphatic carbocycles. The highest BCUT2D eigenvalue weighted by atomic mass is 32.1. The quantitative estimate of drug-likeness (QED) is 0.829. The van der Waals surface area contributed by atoms with E-state index in [9.17, 15) is 0 Å². The van der Waals surface area contributed by atoms with E-state index < -0.39 is 0 Å². The molecule has 0 fully saturated rings. The first-order valence-electron chi connectivity index (χ1n) is 4.43. The predicted octanol–water partition coefficient (Wildman–Crippen LogP) is 1.41. The summed E-state index contributed by atoms with van der Waals surface area (Å²) in [7, 11) is 0. The lowest BCUT2D eigenvalue weighted by atomic mass is 10.3. The molecule has 1 unspecified atom stereocenters. The molecule has 2 N–H and O–H groups in total. The van der Waals surface area contributed by atoms with Gasteiger partial charge in [0.1, 0.15) is 0 Å². The number of aromatic nitrogens is 3. The van der Waals surface area contributed by atoms with Crippen LogP contribution in [0.1, 0.15) is 23.5 Å². The van der Waals surface area contributed by atoms with Crippen LogP contribution < -0.4 is 5.73 Å². The second kappa shape index (κ2) is 3.89. The molecule has 2 rings (SSSR count). The Morgan fingerprint density at radius 3 is 3.07 bits per heavy atom. The van der Waals surface area contributed by atoms with Gasteiger partial charge in [-0.15, -0.1) is 16.4 Å². The third kappa shape index (κ3) is 2.00. The van der Waals surface area contributed by atoms with Crippen molar-refractivity contribution in [1.29, 1.82) is 0 Å². The van der Waals surface area contributed by atoms with Gasteiger partial charge in [-0.05, 0) is 18.4 Å². The fraction of sp³-hybridized carbons (Fsp3) is 0.333. The van der Waals surface area contributed by atoms with Gasteiger partial charge in [-0.1, -0.05) is 11.3 Å². The molecule has 4 nitrogen and oxygen atoms in total. The van der Waals surface area contributed by atoms with Crippen LogP contribution in [0.3, 0.4) is 0 Å².